The lowest BCUT2D eigenvalue weighted by Crippen LogP contribution is -2.21. The summed E-state index contributed by atoms with van der Waals surface area (Å²) in [5.41, 5.74) is 3.07. The smallest absolute Gasteiger partial charge is 0.366 e. The van der Waals surface area contributed by atoms with Crippen LogP contribution < -0.4 is 5.73 Å². The Morgan fingerprint density at radius 2 is 1.93 bits per heavy atom. The Kier molecular flexibility index (Phi) is 5.36. The predicted octanol–water partition coefficient (Wildman–Crippen LogP) is -0.638. The number of nitrogens with zero attached hydrogens (tertiary/aromatic N) is 9. The van der Waals surface area contributed by atoms with Crippen LogP contribution in [-0.4, -0.2) is 55.5 Å². The summed E-state index contributed by atoms with van der Waals surface area (Å²) in [4.78, 5) is 16.7. The SMILES string of the molecule is Cn1nnc(CS(=O)Cc2nc(C(F)(F)F)cc(-c3nnnn3C)c2C(N)=O)n1. The largest absolute Gasteiger partial charge is 0.433 e. The number of hydrogen-bond donors (Lipinski definition) is 1. The third kappa shape index (κ3) is 4.41. The van der Waals surface area contributed by atoms with E-state index in [0.29, 0.717) is 6.07 Å². The van der Waals surface area contributed by atoms with Crippen molar-refractivity contribution in [1.82, 2.24) is 45.4 Å². The topological polar surface area (TPSA) is 160 Å². The standard InChI is InChI=1S/C13H13F3N10O2S/c1-25-12(20-22-24-25)6-3-8(13(14,15)16)18-7(10(6)11(17)27)4-29(28)5-9-19-23-26(2)21-9/h3H,4-5H2,1-2H3,(H2,17,27). The second-order valence-corrected chi connectivity index (χ2v) is 7.25. The summed E-state index contributed by atoms with van der Waals surface area (Å²) in [7, 11) is 1.08. The average molecular weight is 430 g/mol. The number of carbonyl (C=O) groups is 1. The Bertz CT molecular complexity index is 1090. The van der Waals surface area contributed by atoms with E-state index < -0.39 is 40.0 Å². The van der Waals surface area contributed by atoms with E-state index >= 15 is 0 Å². The zero-order valence-electron chi connectivity index (χ0n) is 15.0. The number of halogens is 3. The molecule has 0 saturated heterocycles. The molecule has 16 heteroatoms. The van der Waals surface area contributed by atoms with Crippen LogP contribution in [0.1, 0.15) is 27.6 Å². The fraction of sp³-hybridized carbons (Fsp3) is 0.385. The van der Waals surface area contributed by atoms with Gasteiger partial charge in [0.25, 0.3) is 5.91 Å². The van der Waals surface area contributed by atoms with Crippen LogP contribution in [0.4, 0.5) is 13.2 Å². The van der Waals surface area contributed by atoms with Crippen molar-refractivity contribution in [3.8, 4) is 11.4 Å². The molecule has 0 bridgehead atoms. The zero-order valence-corrected chi connectivity index (χ0v) is 15.8. The maximum atomic E-state index is 13.4. The van der Waals surface area contributed by atoms with E-state index in [4.69, 9.17) is 5.73 Å². The molecule has 0 spiro atoms. The Morgan fingerprint density at radius 1 is 1.21 bits per heavy atom. The minimum Gasteiger partial charge on any atom is -0.366 e. The molecule has 3 rings (SSSR count). The highest BCUT2D eigenvalue weighted by atomic mass is 32.2. The molecular formula is C13H13F3N10O2S. The van der Waals surface area contributed by atoms with Gasteiger partial charge >= 0.3 is 6.18 Å². The molecule has 0 aliphatic rings. The Morgan fingerprint density at radius 3 is 2.45 bits per heavy atom. The van der Waals surface area contributed by atoms with E-state index in [2.05, 4.69) is 35.9 Å². The number of primary amides is 1. The van der Waals surface area contributed by atoms with Crippen molar-refractivity contribution in [3.05, 3.63) is 28.8 Å². The van der Waals surface area contributed by atoms with Crippen molar-refractivity contribution < 1.29 is 22.2 Å². The van der Waals surface area contributed by atoms with Gasteiger partial charge in [-0.15, -0.1) is 15.3 Å². The monoisotopic (exact) mass is 430 g/mol. The number of aromatic nitrogens is 9. The van der Waals surface area contributed by atoms with Gasteiger partial charge < -0.3 is 5.73 Å². The predicted molar refractivity (Wildman–Crippen MR) is 89.9 cm³/mol. The quantitative estimate of drug-likeness (QED) is 0.536. The molecule has 3 aromatic heterocycles. The van der Waals surface area contributed by atoms with Gasteiger partial charge in [-0.3, -0.25) is 9.00 Å². The first-order valence-corrected chi connectivity index (χ1v) is 9.26. The lowest BCUT2D eigenvalue weighted by atomic mass is 10.0. The number of nitrogens with two attached hydrogens (primary N) is 1. The highest BCUT2D eigenvalue weighted by molar-refractivity contribution is 7.83. The third-order valence-electron chi connectivity index (χ3n) is 3.63. The van der Waals surface area contributed by atoms with Crippen molar-refractivity contribution >= 4 is 16.7 Å². The minimum absolute atomic E-state index is 0.121. The molecule has 1 amide bonds. The Hall–Kier alpha value is -3.30. The van der Waals surface area contributed by atoms with Gasteiger partial charge in [0.1, 0.15) is 5.69 Å². The summed E-state index contributed by atoms with van der Waals surface area (Å²) in [6, 6.07) is 0.627. The Labute approximate surface area is 162 Å². The van der Waals surface area contributed by atoms with Crippen molar-refractivity contribution in [2.24, 2.45) is 19.8 Å². The summed E-state index contributed by atoms with van der Waals surface area (Å²) < 4.78 is 53.6. The van der Waals surface area contributed by atoms with E-state index in [0.717, 1.165) is 9.48 Å². The van der Waals surface area contributed by atoms with Gasteiger partial charge in [0, 0.05) is 23.4 Å². The van der Waals surface area contributed by atoms with Gasteiger partial charge in [0.15, 0.2) is 11.6 Å². The molecule has 29 heavy (non-hydrogen) atoms. The molecule has 1 unspecified atom stereocenters. The van der Waals surface area contributed by atoms with Gasteiger partial charge in [0.05, 0.1) is 29.8 Å². The van der Waals surface area contributed by atoms with Crippen LogP contribution >= 0.6 is 0 Å². The third-order valence-corrected chi connectivity index (χ3v) is 4.81. The van der Waals surface area contributed by atoms with E-state index in [-0.39, 0.29) is 28.5 Å². The number of amides is 1. The second kappa shape index (κ2) is 7.61. The molecule has 0 saturated carbocycles. The lowest BCUT2D eigenvalue weighted by Gasteiger charge is -2.14. The van der Waals surface area contributed by atoms with Gasteiger partial charge in [0.2, 0.25) is 0 Å². The summed E-state index contributed by atoms with van der Waals surface area (Å²) in [5, 5.41) is 21.7. The number of rotatable bonds is 6. The lowest BCUT2D eigenvalue weighted by molar-refractivity contribution is -0.141. The summed E-state index contributed by atoms with van der Waals surface area (Å²) in [6.45, 7) is 0. The van der Waals surface area contributed by atoms with Crippen LogP contribution in [-0.2, 0) is 42.6 Å². The van der Waals surface area contributed by atoms with Crippen LogP contribution in [0.3, 0.4) is 0 Å². The fourth-order valence-corrected chi connectivity index (χ4v) is 3.50. The first-order chi connectivity index (χ1) is 13.6. The number of tetrazole rings is 2. The number of hydrogen-bond acceptors (Lipinski definition) is 9. The van der Waals surface area contributed by atoms with Crippen LogP contribution in [0.15, 0.2) is 6.07 Å². The number of carbonyl (C=O) groups excluding carboxylic acids is 1. The van der Waals surface area contributed by atoms with Crippen molar-refractivity contribution in [3.63, 3.8) is 0 Å². The molecule has 1 atom stereocenters. The van der Waals surface area contributed by atoms with E-state index in [9.17, 15) is 22.2 Å². The van der Waals surface area contributed by atoms with Crippen LogP contribution in [0.25, 0.3) is 11.4 Å². The molecule has 0 aromatic carbocycles. The zero-order chi connectivity index (χ0) is 21.3. The molecule has 0 fully saturated rings. The summed E-state index contributed by atoms with van der Waals surface area (Å²) in [6.07, 6.45) is -4.83. The molecule has 0 aliphatic heterocycles. The normalized spacial score (nSPS) is 12.9. The molecule has 2 N–H and O–H groups in total. The molecule has 0 aliphatic carbocycles. The number of pyridine rings is 1. The molecule has 0 radical (unpaired) electrons. The van der Waals surface area contributed by atoms with Crippen LogP contribution in [0.5, 0.6) is 0 Å². The van der Waals surface area contributed by atoms with Crippen LogP contribution in [0, 0.1) is 0 Å². The van der Waals surface area contributed by atoms with Crippen molar-refractivity contribution in [2.75, 3.05) is 0 Å². The van der Waals surface area contributed by atoms with Gasteiger partial charge in [-0.1, -0.05) is 0 Å². The van der Waals surface area contributed by atoms with Gasteiger partial charge in [-0.25, -0.2) is 9.67 Å². The van der Waals surface area contributed by atoms with Crippen LogP contribution in [0.2, 0.25) is 0 Å². The van der Waals surface area contributed by atoms with Crippen molar-refractivity contribution in [1.29, 1.82) is 0 Å². The van der Waals surface area contributed by atoms with Gasteiger partial charge in [-0.05, 0) is 21.7 Å². The first kappa shape index (κ1) is 20.4. The molecular weight excluding hydrogens is 417 g/mol. The highest BCUT2D eigenvalue weighted by Crippen LogP contribution is 2.33. The molecule has 3 heterocycles. The molecule has 3 aromatic rings. The number of aryl methyl sites for hydroxylation is 2. The maximum Gasteiger partial charge on any atom is 0.433 e. The van der Waals surface area contributed by atoms with Crippen molar-refractivity contribution in [2.45, 2.75) is 17.7 Å². The first-order valence-electron chi connectivity index (χ1n) is 7.77. The minimum atomic E-state index is -4.83. The highest BCUT2D eigenvalue weighted by Gasteiger charge is 2.36. The van der Waals surface area contributed by atoms with E-state index in [1.54, 1.807) is 0 Å². The Balaban J connectivity index is 2.10. The second-order valence-electron chi connectivity index (χ2n) is 5.79. The molecule has 12 nitrogen and oxygen atoms in total. The fourth-order valence-electron chi connectivity index (χ4n) is 2.49. The number of alkyl halides is 3. The maximum absolute atomic E-state index is 13.4. The van der Waals surface area contributed by atoms with E-state index in [1.165, 1.54) is 14.1 Å². The average Bonchev–Trinajstić information content (AvgIpc) is 3.21. The van der Waals surface area contributed by atoms with Gasteiger partial charge in [-0.2, -0.15) is 18.0 Å². The molecule has 154 valence electrons. The van der Waals surface area contributed by atoms with E-state index in [1.807, 2.05) is 0 Å². The summed E-state index contributed by atoms with van der Waals surface area (Å²) in [5.74, 6) is -1.77. The summed E-state index contributed by atoms with van der Waals surface area (Å²) >= 11 is 0.